The predicted molar refractivity (Wildman–Crippen MR) is 99.5 cm³/mol. The monoisotopic (exact) mass is 379 g/mol. The number of nitrogens with one attached hydrogen (secondary N) is 2. The number of urea groups is 1. The van der Waals surface area contributed by atoms with Crippen LogP contribution in [0.4, 0.5) is 16.2 Å². The van der Waals surface area contributed by atoms with Gasteiger partial charge in [0.1, 0.15) is 0 Å². The highest BCUT2D eigenvalue weighted by Gasteiger charge is 2.28. The maximum absolute atomic E-state index is 12.0. The van der Waals surface area contributed by atoms with Gasteiger partial charge in [0, 0.05) is 23.8 Å². The molecular formula is C17H18ClN3O3S. The van der Waals surface area contributed by atoms with Crippen LogP contribution in [0, 0.1) is 0 Å². The third kappa shape index (κ3) is 4.43. The average molecular weight is 380 g/mol. The molecule has 2 amide bonds. The predicted octanol–water partition coefficient (Wildman–Crippen LogP) is 3.20. The lowest BCUT2D eigenvalue weighted by molar-refractivity contribution is 0.251. The first-order valence-corrected chi connectivity index (χ1v) is 9.82. The Morgan fingerprint density at radius 1 is 1.16 bits per heavy atom. The first-order chi connectivity index (χ1) is 11.9. The Morgan fingerprint density at radius 2 is 1.92 bits per heavy atom. The second-order valence-electron chi connectivity index (χ2n) is 5.73. The Hall–Kier alpha value is -2.25. The van der Waals surface area contributed by atoms with E-state index in [-0.39, 0.29) is 11.8 Å². The van der Waals surface area contributed by atoms with Gasteiger partial charge in [0.2, 0.25) is 10.0 Å². The van der Waals surface area contributed by atoms with Gasteiger partial charge in [0.25, 0.3) is 0 Å². The van der Waals surface area contributed by atoms with E-state index in [4.69, 9.17) is 11.6 Å². The second-order valence-corrected chi connectivity index (χ2v) is 8.18. The van der Waals surface area contributed by atoms with E-state index in [0.29, 0.717) is 35.9 Å². The SMILES string of the molecule is O=C(NCc1ccc(Cl)cc1)Nc1cccc(N2CCCS2(=O)=O)c1. The van der Waals surface area contributed by atoms with E-state index in [1.54, 1.807) is 36.4 Å². The fraction of sp³-hybridized carbons (Fsp3) is 0.235. The molecule has 0 radical (unpaired) electrons. The number of carbonyl (C=O) groups excluding carboxylic acids is 1. The summed E-state index contributed by atoms with van der Waals surface area (Å²) in [7, 11) is -3.24. The van der Waals surface area contributed by atoms with Crippen molar-refractivity contribution in [1.29, 1.82) is 0 Å². The molecule has 2 aromatic carbocycles. The lowest BCUT2D eigenvalue weighted by atomic mass is 10.2. The van der Waals surface area contributed by atoms with Crippen molar-refractivity contribution in [2.45, 2.75) is 13.0 Å². The van der Waals surface area contributed by atoms with Crippen LogP contribution in [0.1, 0.15) is 12.0 Å². The fourth-order valence-electron chi connectivity index (χ4n) is 2.63. The molecule has 8 heteroatoms. The number of carbonyl (C=O) groups is 1. The topological polar surface area (TPSA) is 78.5 Å². The Morgan fingerprint density at radius 3 is 2.60 bits per heavy atom. The summed E-state index contributed by atoms with van der Waals surface area (Å²) in [5.41, 5.74) is 2.03. The number of amides is 2. The minimum Gasteiger partial charge on any atom is -0.334 e. The largest absolute Gasteiger partial charge is 0.334 e. The van der Waals surface area contributed by atoms with Crippen molar-refractivity contribution in [1.82, 2.24) is 5.32 Å². The highest BCUT2D eigenvalue weighted by molar-refractivity contribution is 7.93. The van der Waals surface area contributed by atoms with E-state index >= 15 is 0 Å². The highest BCUT2D eigenvalue weighted by Crippen LogP contribution is 2.26. The van der Waals surface area contributed by atoms with Crippen LogP contribution < -0.4 is 14.9 Å². The number of rotatable bonds is 4. The van der Waals surface area contributed by atoms with Crippen LogP contribution in [0.2, 0.25) is 5.02 Å². The molecule has 2 N–H and O–H groups in total. The summed E-state index contributed by atoms with van der Waals surface area (Å²) < 4.78 is 25.4. The third-order valence-corrected chi connectivity index (χ3v) is 5.98. The van der Waals surface area contributed by atoms with E-state index in [1.165, 1.54) is 4.31 Å². The number of sulfonamides is 1. The van der Waals surface area contributed by atoms with E-state index in [9.17, 15) is 13.2 Å². The molecule has 132 valence electrons. The fourth-order valence-corrected chi connectivity index (χ4v) is 4.31. The number of hydrogen-bond acceptors (Lipinski definition) is 3. The molecule has 1 aliphatic heterocycles. The van der Waals surface area contributed by atoms with Crippen molar-refractivity contribution in [3.63, 3.8) is 0 Å². The zero-order valence-corrected chi connectivity index (χ0v) is 15.0. The maximum atomic E-state index is 12.0. The summed E-state index contributed by atoms with van der Waals surface area (Å²) in [5, 5.41) is 6.10. The van der Waals surface area contributed by atoms with E-state index in [2.05, 4.69) is 10.6 Å². The number of anilines is 2. The van der Waals surface area contributed by atoms with Crippen molar-refractivity contribution in [2.75, 3.05) is 21.9 Å². The Kier molecular flexibility index (Phi) is 5.15. The molecule has 6 nitrogen and oxygen atoms in total. The van der Waals surface area contributed by atoms with Crippen molar-refractivity contribution in [3.05, 3.63) is 59.1 Å². The molecule has 1 fully saturated rings. The van der Waals surface area contributed by atoms with Crippen molar-refractivity contribution in [3.8, 4) is 0 Å². The normalized spacial score (nSPS) is 15.8. The molecular weight excluding hydrogens is 362 g/mol. The molecule has 1 saturated heterocycles. The summed E-state index contributed by atoms with van der Waals surface area (Å²) in [6.07, 6.45) is 0.613. The van der Waals surface area contributed by atoms with Gasteiger partial charge in [0.15, 0.2) is 0 Å². The standard InChI is InChI=1S/C17H18ClN3O3S/c18-14-7-5-13(6-8-14)12-19-17(22)20-15-3-1-4-16(11-15)21-9-2-10-25(21,23)24/h1,3-8,11H,2,9-10,12H2,(H2,19,20,22). The molecule has 25 heavy (non-hydrogen) atoms. The molecule has 0 saturated carbocycles. The molecule has 0 aliphatic carbocycles. The molecule has 1 heterocycles. The lowest BCUT2D eigenvalue weighted by Crippen LogP contribution is -2.28. The van der Waals surface area contributed by atoms with Gasteiger partial charge in [-0.2, -0.15) is 0 Å². The van der Waals surface area contributed by atoms with E-state index in [1.807, 2.05) is 12.1 Å². The number of halogens is 1. The van der Waals surface area contributed by atoms with E-state index in [0.717, 1.165) is 5.56 Å². The summed E-state index contributed by atoms with van der Waals surface area (Å²) in [4.78, 5) is 12.0. The Labute approximate surface area is 151 Å². The summed E-state index contributed by atoms with van der Waals surface area (Å²) in [6.45, 7) is 0.831. The quantitative estimate of drug-likeness (QED) is 0.856. The van der Waals surface area contributed by atoms with Crippen LogP contribution in [-0.4, -0.2) is 26.7 Å². The molecule has 2 aromatic rings. The average Bonchev–Trinajstić information content (AvgIpc) is 2.94. The number of hydrogen-bond donors (Lipinski definition) is 2. The highest BCUT2D eigenvalue weighted by atomic mass is 35.5. The van der Waals surface area contributed by atoms with Gasteiger partial charge in [0.05, 0.1) is 11.4 Å². The number of nitrogens with zero attached hydrogens (tertiary/aromatic N) is 1. The van der Waals surface area contributed by atoms with Gasteiger partial charge in [-0.3, -0.25) is 4.31 Å². The second kappa shape index (κ2) is 7.33. The molecule has 0 atom stereocenters. The lowest BCUT2D eigenvalue weighted by Gasteiger charge is -2.18. The minimum atomic E-state index is -3.24. The van der Waals surface area contributed by atoms with Crippen molar-refractivity contribution < 1.29 is 13.2 Å². The first kappa shape index (κ1) is 17.6. The zero-order chi connectivity index (χ0) is 17.9. The Bertz CT molecular complexity index is 869. The Balaban J connectivity index is 1.62. The van der Waals surface area contributed by atoms with E-state index < -0.39 is 10.0 Å². The van der Waals surface area contributed by atoms with Gasteiger partial charge in [-0.25, -0.2) is 13.2 Å². The molecule has 0 bridgehead atoms. The van der Waals surface area contributed by atoms with Gasteiger partial charge in [-0.05, 0) is 42.3 Å². The number of benzene rings is 2. The van der Waals surface area contributed by atoms with Crippen molar-refractivity contribution >= 4 is 39.0 Å². The zero-order valence-electron chi connectivity index (χ0n) is 13.4. The van der Waals surface area contributed by atoms with Gasteiger partial charge >= 0.3 is 6.03 Å². The first-order valence-electron chi connectivity index (χ1n) is 7.84. The minimum absolute atomic E-state index is 0.159. The summed E-state index contributed by atoms with van der Waals surface area (Å²) >= 11 is 5.82. The molecule has 3 rings (SSSR count). The van der Waals surface area contributed by atoms with Gasteiger partial charge in [-0.1, -0.05) is 29.8 Å². The van der Waals surface area contributed by atoms with Crippen LogP contribution >= 0.6 is 11.6 Å². The smallest absolute Gasteiger partial charge is 0.319 e. The van der Waals surface area contributed by atoms with Gasteiger partial charge < -0.3 is 10.6 Å². The van der Waals surface area contributed by atoms with Crippen LogP contribution in [-0.2, 0) is 16.6 Å². The maximum Gasteiger partial charge on any atom is 0.319 e. The molecule has 1 aliphatic rings. The van der Waals surface area contributed by atoms with Crippen LogP contribution in [0.25, 0.3) is 0 Å². The van der Waals surface area contributed by atoms with Crippen LogP contribution in [0.3, 0.4) is 0 Å². The third-order valence-electron chi connectivity index (χ3n) is 3.86. The van der Waals surface area contributed by atoms with Gasteiger partial charge in [-0.15, -0.1) is 0 Å². The molecule has 0 aromatic heterocycles. The van der Waals surface area contributed by atoms with Crippen LogP contribution in [0.5, 0.6) is 0 Å². The summed E-state index contributed by atoms with van der Waals surface area (Å²) in [6, 6.07) is 13.6. The molecule has 0 spiro atoms. The summed E-state index contributed by atoms with van der Waals surface area (Å²) in [5.74, 6) is 0.159. The van der Waals surface area contributed by atoms with Crippen LogP contribution in [0.15, 0.2) is 48.5 Å². The van der Waals surface area contributed by atoms with Crippen molar-refractivity contribution in [2.24, 2.45) is 0 Å². The molecule has 0 unspecified atom stereocenters.